The quantitative estimate of drug-likeness (QED) is 0.726. The van der Waals surface area contributed by atoms with E-state index in [9.17, 15) is 14.4 Å². The van der Waals surface area contributed by atoms with Gasteiger partial charge in [0.1, 0.15) is 0 Å². The Balaban J connectivity index is 2.91. The lowest BCUT2D eigenvalue weighted by Gasteiger charge is -2.08. The number of halogens is 2. The Hall–Kier alpha value is -1.61. The van der Waals surface area contributed by atoms with Crippen molar-refractivity contribution in [1.82, 2.24) is 14.8 Å². The molecule has 3 N–H and O–H groups in total. The molecule has 0 aliphatic carbocycles. The highest BCUT2D eigenvalue weighted by molar-refractivity contribution is 9.11. The average molecular weight is 379 g/mol. The first kappa shape index (κ1) is 12.8. The number of rotatable bonds is 2. The fraction of sp³-hybridized carbons (Fsp3) is 0. The molecule has 1 aromatic heterocycles. The number of carboxylic acids is 1. The molecule has 0 unspecified atom stereocenters. The smallest absolute Gasteiger partial charge is 0.349 e. The second-order valence-corrected chi connectivity index (χ2v) is 5.05. The molecule has 0 saturated carbocycles. The van der Waals surface area contributed by atoms with Gasteiger partial charge in [-0.2, -0.15) is 0 Å². The van der Waals surface area contributed by atoms with Gasteiger partial charge in [0, 0.05) is 8.95 Å². The highest BCUT2D eigenvalue weighted by atomic mass is 79.9. The highest BCUT2D eigenvalue weighted by Crippen LogP contribution is 2.27. The van der Waals surface area contributed by atoms with Gasteiger partial charge in [-0.3, -0.25) is 0 Å². The summed E-state index contributed by atoms with van der Waals surface area (Å²) in [6.07, 6.45) is 0. The van der Waals surface area contributed by atoms with Gasteiger partial charge in [-0.25, -0.2) is 29.1 Å². The van der Waals surface area contributed by atoms with E-state index in [1.807, 2.05) is 0 Å². The van der Waals surface area contributed by atoms with Gasteiger partial charge in [-0.1, -0.05) is 15.9 Å². The van der Waals surface area contributed by atoms with Crippen LogP contribution < -0.4 is 11.4 Å². The molecule has 2 rings (SSSR count). The van der Waals surface area contributed by atoms with Crippen molar-refractivity contribution >= 4 is 37.8 Å². The number of carboxylic acid groups (broad SMARTS) is 1. The summed E-state index contributed by atoms with van der Waals surface area (Å²) in [5, 5.41) is 13.3. The van der Waals surface area contributed by atoms with Crippen molar-refractivity contribution in [2.75, 3.05) is 0 Å². The van der Waals surface area contributed by atoms with Crippen molar-refractivity contribution in [3.63, 3.8) is 0 Å². The zero-order chi connectivity index (χ0) is 13.4. The number of nitrogens with one attached hydrogen (secondary N) is 2. The summed E-state index contributed by atoms with van der Waals surface area (Å²) in [5.74, 6) is -1.25. The Morgan fingerprint density at radius 3 is 2.22 bits per heavy atom. The second-order valence-electron chi connectivity index (χ2n) is 3.28. The van der Waals surface area contributed by atoms with Crippen molar-refractivity contribution in [3.8, 4) is 5.69 Å². The van der Waals surface area contributed by atoms with E-state index in [0.29, 0.717) is 13.5 Å². The minimum atomic E-state index is -1.25. The number of nitrogens with zero attached hydrogens (tertiary/aromatic N) is 1. The fourth-order valence-corrected chi connectivity index (χ4v) is 2.87. The van der Waals surface area contributed by atoms with Crippen molar-refractivity contribution in [1.29, 1.82) is 0 Å². The molecule has 2 aromatic rings. The lowest BCUT2D eigenvalue weighted by atomic mass is 10.2. The molecule has 0 atom stereocenters. The monoisotopic (exact) mass is 377 g/mol. The lowest BCUT2D eigenvalue weighted by molar-refractivity contribution is 0.0696. The van der Waals surface area contributed by atoms with Crippen LogP contribution in [0.15, 0.2) is 30.7 Å². The van der Waals surface area contributed by atoms with Gasteiger partial charge >= 0.3 is 17.3 Å². The predicted molar refractivity (Wildman–Crippen MR) is 69.4 cm³/mol. The number of hydrogen-bond acceptors (Lipinski definition) is 3. The van der Waals surface area contributed by atoms with Crippen LogP contribution in [0.5, 0.6) is 0 Å². The van der Waals surface area contributed by atoms with E-state index in [4.69, 9.17) is 5.11 Å². The molecule has 0 spiro atoms. The average Bonchev–Trinajstić information content (AvgIpc) is 2.58. The molecule has 0 aliphatic rings. The Morgan fingerprint density at radius 2 is 1.72 bits per heavy atom. The van der Waals surface area contributed by atoms with Gasteiger partial charge in [-0.05, 0) is 28.1 Å². The largest absolute Gasteiger partial charge is 0.478 e. The van der Waals surface area contributed by atoms with Crippen LogP contribution in [0.3, 0.4) is 0 Å². The summed E-state index contributed by atoms with van der Waals surface area (Å²) in [7, 11) is 0. The van der Waals surface area contributed by atoms with Gasteiger partial charge in [0.2, 0.25) is 0 Å². The number of benzene rings is 1. The van der Waals surface area contributed by atoms with Crippen LogP contribution in [0, 0.1) is 0 Å². The molecule has 1 heterocycles. The molecule has 18 heavy (non-hydrogen) atoms. The maximum Gasteiger partial charge on any atom is 0.349 e. The van der Waals surface area contributed by atoms with Gasteiger partial charge in [0.25, 0.3) is 0 Å². The van der Waals surface area contributed by atoms with E-state index in [1.165, 1.54) is 6.07 Å². The van der Waals surface area contributed by atoms with Crippen LogP contribution in [-0.4, -0.2) is 25.8 Å². The topological polar surface area (TPSA) is 108 Å². The van der Waals surface area contributed by atoms with Crippen LogP contribution in [0.1, 0.15) is 10.4 Å². The molecule has 0 amide bonds. The summed E-state index contributed by atoms with van der Waals surface area (Å²) >= 11 is 6.28. The molecular weight excluding hydrogens is 374 g/mol. The highest BCUT2D eigenvalue weighted by Gasteiger charge is 2.19. The van der Waals surface area contributed by atoms with Gasteiger partial charge < -0.3 is 5.11 Å². The maximum absolute atomic E-state index is 11.5. The van der Waals surface area contributed by atoms with E-state index in [-0.39, 0.29) is 11.3 Å². The summed E-state index contributed by atoms with van der Waals surface area (Å²) < 4.78 is 1.52. The maximum atomic E-state index is 11.5. The van der Waals surface area contributed by atoms with Gasteiger partial charge in [0.15, 0.2) is 0 Å². The van der Waals surface area contributed by atoms with E-state index < -0.39 is 17.3 Å². The summed E-state index contributed by atoms with van der Waals surface area (Å²) in [5.41, 5.74) is -1.70. The number of carbonyl (C=O) groups is 1. The molecule has 7 nitrogen and oxygen atoms in total. The minimum absolute atomic E-state index is 0.0294. The zero-order valence-corrected chi connectivity index (χ0v) is 11.7. The fourth-order valence-electron chi connectivity index (χ4n) is 1.47. The van der Waals surface area contributed by atoms with Crippen LogP contribution in [-0.2, 0) is 0 Å². The van der Waals surface area contributed by atoms with Crippen LogP contribution in [0.2, 0.25) is 0 Å². The molecular formula is C9H5Br2N3O4. The first-order valence-electron chi connectivity index (χ1n) is 4.54. The first-order valence-corrected chi connectivity index (χ1v) is 6.13. The first-order chi connectivity index (χ1) is 8.41. The van der Waals surface area contributed by atoms with E-state index in [0.717, 1.165) is 0 Å². The third kappa shape index (κ3) is 2.06. The summed E-state index contributed by atoms with van der Waals surface area (Å²) in [6, 6.07) is 2.85. The second kappa shape index (κ2) is 4.58. The van der Waals surface area contributed by atoms with Crippen molar-refractivity contribution in [3.05, 3.63) is 47.6 Å². The van der Waals surface area contributed by atoms with Crippen molar-refractivity contribution in [2.45, 2.75) is 0 Å². The Bertz CT molecular complexity index is 716. The van der Waals surface area contributed by atoms with E-state index >= 15 is 0 Å². The third-order valence-electron chi connectivity index (χ3n) is 2.16. The lowest BCUT2D eigenvalue weighted by Crippen LogP contribution is -2.27. The number of hydrogen-bond donors (Lipinski definition) is 3. The summed E-state index contributed by atoms with van der Waals surface area (Å²) in [4.78, 5) is 34.2. The molecule has 0 bridgehead atoms. The van der Waals surface area contributed by atoms with Crippen molar-refractivity contribution < 1.29 is 9.90 Å². The van der Waals surface area contributed by atoms with Crippen molar-refractivity contribution in [2.24, 2.45) is 0 Å². The molecule has 9 heteroatoms. The van der Waals surface area contributed by atoms with Crippen LogP contribution in [0.4, 0.5) is 0 Å². The Labute approximate surface area is 116 Å². The molecule has 0 saturated heterocycles. The molecule has 1 aromatic carbocycles. The standard InChI is InChI=1S/C9H5Br2N3O4/c10-3-1-4(7(15)16)6(5(11)2-3)14-8(17)12-13-9(14)18/h1-2H,(H,12,17)(H,13,18)(H,15,16). The van der Waals surface area contributed by atoms with Gasteiger partial charge in [-0.15, -0.1) is 0 Å². The van der Waals surface area contributed by atoms with Gasteiger partial charge in [0.05, 0.1) is 11.3 Å². The number of aromatic nitrogens is 3. The third-order valence-corrected chi connectivity index (χ3v) is 3.23. The molecule has 94 valence electrons. The van der Waals surface area contributed by atoms with Crippen LogP contribution in [0.25, 0.3) is 5.69 Å². The number of H-pyrrole nitrogens is 2. The Morgan fingerprint density at radius 1 is 1.17 bits per heavy atom. The van der Waals surface area contributed by atoms with E-state index in [2.05, 4.69) is 42.1 Å². The zero-order valence-electron chi connectivity index (χ0n) is 8.53. The number of aromatic carboxylic acids is 1. The predicted octanol–water partition coefficient (Wildman–Crippen LogP) is 1.08. The van der Waals surface area contributed by atoms with Crippen LogP contribution >= 0.6 is 31.9 Å². The number of aromatic amines is 2. The van der Waals surface area contributed by atoms with E-state index in [1.54, 1.807) is 6.07 Å². The molecule has 0 radical (unpaired) electrons. The molecule has 0 aliphatic heterocycles. The normalized spacial score (nSPS) is 10.6. The Kier molecular flexibility index (Phi) is 3.26. The SMILES string of the molecule is O=C(O)c1cc(Br)cc(Br)c1-n1c(=O)[nH][nH]c1=O. The minimum Gasteiger partial charge on any atom is -0.478 e. The summed E-state index contributed by atoms with van der Waals surface area (Å²) in [6.45, 7) is 0. The molecule has 0 fully saturated rings.